The quantitative estimate of drug-likeness (QED) is 0.605. The molecule has 6 N–H and O–H groups in total. The number of para-hydroxylation sites is 1. The van der Waals surface area contributed by atoms with Crippen molar-refractivity contribution in [1.82, 2.24) is 4.57 Å². The zero-order chi connectivity index (χ0) is 20.9. The summed E-state index contributed by atoms with van der Waals surface area (Å²) in [7, 11) is 0. The number of ether oxygens (including phenoxy) is 1. The highest BCUT2D eigenvalue weighted by Crippen LogP contribution is 2.45. The van der Waals surface area contributed by atoms with E-state index in [0.717, 1.165) is 4.57 Å². The number of fused-ring (bicyclic) bond motifs is 2. The molecule has 4 rings (SSSR count). The van der Waals surface area contributed by atoms with Crippen molar-refractivity contribution in [3.63, 3.8) is 0 Å². The summed E-state index contributed by atoms with van der Waals surface area (Å²) < 4.78 is 7.05. The number of primary amides is 3. The number of halogens is 1. The lowest BCUT2D eigenvalue weighted by Gasteiger charge is -2.36. The van der Waals surface area contributed by atoms with Crippen molar-refractivity contribution in [1.29, 1.82) is 0 Å². The van der Waals surface area contributed by atoms with Crippen LogP contribution in [0.3, 0.4) is 0 Å². The minimum Gasteiger partial charge on any atom is -0.472 e. The molecule has 0 aliphatic carbocycles. The number of hydrogen-bond donors (Lipinski definition) is 3. The van der Waals surface area contributed by atoms with E-state index in [0.29, 0.717) is 27.2 Å². The summed E-state index contributed by atoms with van der Waals surface area (Å²) >= 11 is 6.03. The van der Waals surface area contributed by atoms with Crippen LogP contribution in [-0.4, -0.2) is 22.4 Å². The highest BCUT2D eigenvalue weighted by Gasteiger charge is 2.49. The number of nitrogens with two attached hydrogens (primary N) is 3. The number of nitrogens with zero attached hydrogens (tertiary/aromatic N) is 1. The Labute approximate surface area is 170 Å². The fraction of sp³-hybridized carbons (Fsp3) is 0.100. The van der Waals surface area contributed by atoms with Crippen LogP contribution < -0.4 is 21.9 Å². The highest BCUT2D eigenvalue weighted by molar-refractivity contribution is 6.30. The average molecular weight is 412 g/mol. The van der Waals surface area contributed by atoms with Crippen LogP contribution in [0.1, 0.15) is 28.0 Å². The van der Waals surface area contributed by atoms with Crippen LogP contribution in [0.2, 0.25) is 5.02 Å². The van der Waals surface area contributed by atoms with Crippen LogP contribution in [0, 0.1) is 6.42 Å². The lowest BCUT2D eigenvalue weighted by Crippen LogP contribution is -2.49. The minimum atomic E-state index is -1.77. The Bertz CT molecular complexity index is 1200. The zero-order valence-electron chi connectivity index (χ0n) is 15.0. The third-order valence-electron chi connectivity index (χ3n) is 5.00. The number of amides is 3. The van der Waals surface area contributed by atoms with Gasteiger partial charge in [-0.1, -0.05) is 29.8 Å². The number of carbonyl (C=O) groups excluding carboxylic acids is 3. The first-order chi connectivity index (χ1) is 13.8. The van der Waals surface area contributed by atoms with Crippen molar-refractivity contribution >= 4 is 40.3 Å². The Morgan fingerprint density at radius 2 is 1.79 bits per heavy atom. The second kappa shape index (κ2) is 6.52. The van der Waals surface area contributed by atoms with Crippen molar-refractivity contribution in [3.05, 3.63) is 70.7 Å². The zero-order valence-corrected chi connectivity index (χ0v) is 15.8. The van der Waals surface area contributed by atoms with Gasteiger partial charge in [0.25, 0.3) is 11.8 Å². The molecule has 0 saturated carbocycles. The molecule has 1 unspecified atom stereocenters. The van der Waals surface area contributed by atoms with Gasteiger partial charge in [0, 0.05) is 22.4 Å². The van der Waals surface area contributed by atoms with E-state index in [4.69, 9.17) is 33.5 Å². The Morgan fingerprint density at radius 3 is 2.45 bits per heavy atom. The molecular formula is C20H16ClN4O4. The van der Waals surface area contributed by atoms with Crippen molar-refractivity contribution in [2.45, 2.75) is 12.0 Å². The van der Waals surface area contributed by atoms with Crippen molar-refractivity contribution in [2.24, 2.45) is 17.2 Å². The maximum Gasteiger partial charge on any atom is 0.324 e. The second-order valence-electron chi connectivity index (χ2n) is 6.66. The molecule has 0 bridgehead atoms. The summed E-state index contributed by atoms with van der Waals surface area (Å²) in [5.41, 5.74) is 16.0. The van der Waals surface area contributed by atoms with Gasteiger partial charge >= 0.3 is 6.03 Å². The predicted molar refractivity (Wildman–Crippen MR) is 106 cm³/mol. The molecule has 2 heterocycles. The maximum absolute atomic E-state index is 12.7. The van der Waals surface area contributed by atoms with Crippen LogP contribution in [0.4, 0.5) is 4.79 Å². The number of hydrogen-bond acceptors (Lipinski definition) is 4. The Hall–Kier alpha value is -3.52. The monoisotopic (exact) mass is 411 g/mol. The third kappa shape index (κ3) is 2.72. The van der Waals surface area contributed by atoms with E-state index < -0.39 is 23.4 Å². The van der Waals surface area contributed by atoms with E-state index in [1.54, 1.807) is 48.9 Å². The summed E-state index contributed by atoms with van der Waals surface area (Å²) in [5.74, 6) is -1.43. The fourth-order valence-electron chi connectivity index (χ4n) is 3.79. The van der Waals surface area contributed by atoms with Crippen LogP contribution in [0.15, 0.2) is 42.5 Å². The summed E-state index contributed by atoms with van der Waals surface area (Å²) in [5, 5.41) is 0.906. The second-order valence-corrected chi connectivity index (χ2v) is 7.10. The molecule has 0 fully saturated rings. The van der Waals surface area contributed by atoms with E-state index in [9.17, 15) is 14.4 Å². The van der Waals surface area contributed by atoms with Gasteiger partial charge in [-0.25, -0.2) is 4.79 Å². The van der Waals surface area contributed by atoms with Crippen LogP contribution in [-0.2, 0) is 10.4 Å². The van der Waals surface area contributed by atoms with Crippen molar-refractivity contribution < 1.29 is 19.1 Å². The van der Waals surface area contributed by atoms with Gasteiger partial charge in [0.2, 0.25) is 5.60 Å². The van der Waals surface area contributed by atoms with Crippen molar-refractivity contribution in [2.75, 3.05) is 0 Å². The summed E-state index contributed by atoms with van der Waals surface area (Å²) in [6.45, 7) is 0. The van der Waals surface area contributed by atoms with Crippen molar-refractivity contribution in [3.8, 4) is 5.75 Å². The average Bonchev–Trinajstić information content (AvgIpc) is 3.03. The van der Waals surface area contributed by atoms with Gasteiger partial charge < -0.3 is 21.9 Å². The molecule has 0 saturated heterocycles. The van der Waals surface area contributed by atoms with Gasteiger partial charge in [0.1, 0.15) is 11.4 Å². The fourth-order valence-corrected chi connectivity index (χ4v) is 3.97. The molecule has 1 aliphatic rings. The standard InChI is InChI=1S/C20H16ClN4O4/c21-11-5-6-14-10(9-11)7-8-20(29-14,18(23)27)15-12-3-1-2-4-13(12)25(19(24)28)16(15)17(22)26/h1-7,9H,8H2,(H2,22,26)(H2,23,27)(H2,24,28). The number of rotatable bonds is 3. The van der Waals surface area contributed by atoms with E-state index in [2.05, 4.69) is 0 Å². The molecule has 0 spiro atoms. The molecule has 3 amide bonds. The van der Waals surface area contributed by atoms with Crippen LogP contribution >= 0.6 is 11.6 Å². The first kappa shape index (κ1) is 18.8. The summed E-state index contributed by atoms with van der Waals surface area (Å²) in [6.07, 6.45) is 1.74. The van der Waals surface area contributed by atoms with Crippen LogP contribution in [0.5, 0.6) is 5.75 Å². The van der Waals surface area contributed by atoms with E-state index in [1.807, 2.05) is 0 Å². The maximum atomic E-state index is 12.7. The third-order valence-corrected chi connectivity index (χ3v) is 5.23. The first-order valence-electron chi connectivity index (χ1n) is 8.61. The van der Waals surface area contributed by atoms with E-state index in [-0.39, 0.29) is 17.7 Å². The number of benzene rings is 2. The molecule has 147 valence electrons. The van der Waals surface area contributed by atoms with Gasteiger partial charge in [0.15, 0.2) is 0 Å². The smallest absolute Gasteiger partial charge is 0.324 e. The molecule has 1 radical (unpaired) electrons. The first-order valence-corrected chi connectivity index (χ1v) is 8.99. The van der Waals surface area contributed by atoms with Crippen LogP contribution in [0.25, 0.3) is 10.9 Å². The van der Waals surface area contributed by atoms with Gasteiger partial charge in [0.05, 0.1) is 5.52 Å². The lowest BCUT2D eigenvalue weighted by molar-refractivity contribution is -0.134. The van der Waals surface area contributed by atoms with Gasteiger partial charge in [-0.15, -0.1) is 0 Å². The molecule has 1 aliphatic heterocycles. The number of aromatic nitrogens is 1. The molecule has 8 nitrogen and oxygen atoms in total. The predicted octanol–water partition coefficient (Wildman–Crippen LogP) is 2.04. The molecule has 1 aromatic heterocycles. The lowest BCUT2D eigenvalue weighted by atomic mass is 9.82. The summed E-state index contributed by atoms with van der Waals surface area (Å²) in [6, 6.07) is 10.5. The topological polar surface area (TPSA) is 143 Å². The largest absolute Gasteiger partial charge is 0.472 e. The minimum absolute atomic E-state index is 0.00270. The molecule has 9 heteroatoms. The Morgan fingerprint density at radius 1 is 1.07 bits per heavy atom. The summed E-state index contributed by atoms with van der Waals surface area (Å²) in [4.78, 5) is 37.2. The van der Waals surface area contributed by atoms with E-state index >= 15 is 0 Å². The SMILES string of the molecule is NC(=O)c1c(C2(C(N)=O)C[CH]c3cc(Cl)ccc3O2)c2ccccc2n1C(N)=O. The molecule has 1 atom stereocenters. The molecular weight excluding hydrogens is 396 g/mol. The number of carbonyl (C=O) groups is 3. The normalized spacial score (nSPS) is 18.1. The van der Waals surface area contributed by atoms with E-state index in [1.165, 1.54) is 0 Å². The van der Waals surface area contributed by atoms with Gasteiger partial charge in [-0.05, 0) is 36.2 Å². The Balaban J connectivity index is 2.07. The Kier molecular flexibility index (Phi) is 4.24. The molecule has 29 heavy (non-hydrogen) atoms. The molecule has 2 aromatic carbocycles. The highest BCUT2D eigenvalue weighted by atomic mass is 35.5. The molecule has 3 aromatic rings. The van der Waals surface area contributed by atoms with Gasteiger partial charge in [-0.3, -0.25) is 14.2 Å². The van der Waals surface area contributed by atoms with Gasteiger partial charge in [-0.2, -0.15) is 0 Å².